The van der Waals surface area contributed by atoms with Crippen LogP contribution in [0.2, 0.25) is 0 Å². The fourth-order valence-electron chi connectivity index (χ4n) is 5.40. The van der Waals surface area contributed by atoms with Gasteiger partial charge in [0.05, 0.1) is 23.8 Å². The van der Waals surface area contributed by atoms with Gasteiger partial charge in [-0.1, -0.05) is 38.1 Å². The smallest absolute Gasteiger partial charge is 0.391 e. The minimum absolute atomic E-state index is 0.0426. The van der Waals surface area contributed by atoms with Crippen molar-refractivity contribution in [1.29, 1.82) is 0 Å². The van der Waals surface area contributed by atoms with Crippen LogP contribution >= 0.6 is 0 Å². The van der Waals surface area contributed by atoms with Crippen molar-refractivity contribution in [3.63, 3.8) is 0 Å². The second-order valence-corrected chi connectivity index (χ2v) is 12.4. The molecule has 3 aromatic rings. The maximum absolute atomic E-state index is 13.7. The van der Waals surface area contributed by atoms with Crippen LogP contribution in [-0.2, 0) is 25.4 Å². The Morgan fingerprint density at radius 2 is 1.88 bits per heavy atom. The summed E-state index contributed by atoms with van der Waals surface area (Å²) < 4.78 is 33.0. The molecule has 1 N–H and O–H groups in total. The highest BCUT2D eigenvalue weighted by atomic mass is 32.2. The van der Waals surface area contributed by atoms with E-state index in [2.05, 4.69) is 15.3 Å². The Labute approximate surface area is 232 Å². The van der Waals surface area contributed by atoms with Crippen molar-refractivity contribution in [3.8, 4) is 5.88 Å². The molecule has 0 radical (unpaired) electrons. The van der Waals surface area contributed by atoms with E-state index in [1.54, 1.807) is 36.4 Å². The number of fused-ring (bicyclic) bond motifs is 2. The average Bonchev–Trinajstić information content (AvgIpc) is 3.49. The molecule has 5 rings (SSSR count). The molecule has 3 atom stereocenters. The van der Waals surface area contributed by atoms with E-state index in [1.807, 2.05) is 32.0 Å². The minimum Gasteiger partial charge on any atom is -0.391 e. The number of nitrogens with zero attached hydrogens (tertiary/aromatic N) is 4. The molecule has 2 saturated heterocycles. The van der Waals surface area contributed by atoms with Crippen molar-refractivity contribution < 1.29 is 27.5 Å². The van der Waals surface area contributed by atoms with Crippen LogP contribution in [0, 0.1) is 5.92 Å². The molecule has 3 unspecified atom stereocenters. The number of pyridine rings is 2. The van der Waals surface area contributed by atoms with Crippen LogP contribution in [-0.4, -0.2) is 76.6 Å². The van der Waals surface area contributed by atoms with Crippen LogP contribution in [0.25, 0.3) is 10.9 Å². The van der Waals surface area contributed by atoms with Gasteiger partial charge < -0.3 is 15.0 Å². The van der Waals surface area contributed by atoms with Gasteiger partial charge in [-0.25, -0.2) is 18.2 Å². The standard InChI is InChI=1S/C28H31N5O6S/c1-18(2)15-22(31-28(36)39-25-11-10-19-7-3-4-9-21(19)30-25)27(35)32-14-12-23-26(32)24(34)16-33(23)40(37,38)17-20-8-5-6-13-29-20/h3-11,13,18,22-23,26H,12,14-17H2,1-2H3,(H,31,36). The largest absolute Gasteiger partial charge is 0.414 e. The van der Waals surface area contributed by atoms with E-state index in [0.717, 1.165) is 5.39 Å². The molecule has 2 aliphatic rings. The highest BCUT2D eigenvalue weighted by molar-refractivity contribution is 7.88. The van der Waals surface area contributed by atoms with E-state index in [1.165, 1.54) is 15.4 Å². The number of carbonyl (C=O) groups excluding carboxylic acids is 3. The lowest BCUT2D eigenvalue weighted by molar-refractivity contribution is -0.138. The summed E-state index contributed by atoms with van der Waals surface area (Å²) in [7, 11) is -3.84. The molecule has 1 aromatic carbocycles. The van der Waals surface area contributed by atoms with Gasteiger partial charge in [0, 0.05) is 24.2 Å². The number of nitrogens with one attached hydrogen (secondary N) is 1. The van der Waals surface area contributed by atoms with Gasteiger partial charge in [-0.05, 0) is 43.0 Å². The summed E-state index contributed by atoms with van der Waals surface area (Å²) in [6.07, 6.45) is 1.31. The molecule has 2 aliphatic heterocycles. The summed E-state index contributed by atoms with van der Waals surface area (Å²) in [4.78, 5) is 49.4. The van der Waals surface area contributed by atoms with Crippen LogP contribution in [0.4, 0.5) is 4.79 Å². The molecule has 40 heavy (non-hydrogen) atoms. The van der Waals surface area contributed by atoms with Gasteiger partial charge in [-0.15, -0.1) is 0 Å². The van der Waals surface area contributed by atoms with E-state index in [0.29, 0.717) is 24.1 Å². The van der Waals surface area contributed by atoms with E-state index in [-0.39, 0.29) is 36.4 Å². The molecule has 0 bridgehead atoms. The maximum Gasteiger partial charge on any atom is 0.414 e. The van der Waals surface area contributed by atoms with Crippen LogP contribution in [0.5, 0.6) is 5.88 Å². The SMILES string of the molecule is CC(C)CC(NC(=O)Oc1ccc2ccccc2n1)C(=O)N1CCC2C1C(=O)CN2S(=O)(=O)Cc1ccccn1. The average molecular weight is 566 g/mol. The predicted octanol–water partition coefficient (Wildman–Crippen LogP) is 2.52. The van der Waals surface area contributed by atoms with Crippen molar-refractivity contribution in [2.45, 2.75) is 50.6 Å². The van der Waals surface area contributed by atoms with Crippen molar-refractivity contribution in [1.82, 2.24) is 24.5 Å². The Morgan fingerprint density at radius 3 is 2.62 bits per heavy atom. The van der Waals surface area contributed by atoms with Crippen molar-refractivity contribution in [2.75, 3.05) is 13.1 Å². The number of ketones is 1. The summed E-state index contributed by atoms with van der Waals surface area (Å²) >= 11 is 0. The third kappa shape index (κ3) is 5.82. The molecule has 2 fully saturated rings. The topological polar surface area (TPSA) is 139 Å². The van der Waals surface area contributed by atoms with Crippen LogP contribution in [0.1, 0.15) is 32.4 Å². The monoisotopic (exact) mass is 565 g/mol. The van der Waals surface area contributed by atoms with Gasteiger partial charge in [0.1, 0.15) is 17.8 Å². The van der Waals surface area contributed by atoms with Crippen LogP contribution in [0.15, 0.2) is 60.8 Å². The zero-order valence-corrected chi connectivity index (χ0v) is 23.1. The third-order valence-corrected chi connectivity index (χ3v) is 8.92. The molecule has 2 aromatic heterocycles. The molecule has 12 heteroatoms. The van der Waals surface area contributed by atoms with Gasteiger partial charge in [-0.3, -0.25) is 14.6 Å². The highest BCUT2D eigenvalue weighted by Crippen LogP contribution is 2.33. The maximum atomic E-state index is 13.7. The summed E-state index contributed by atoms with van der Waals surface area (Å²) in [5.41, 5.74) is 1.04. The number of hydrogen-bond donors (Lipinski definition) is 1. The number of sulfonamides is 1. The predicted molar refractivity (Wildman–Crippen MR) is 147 cm³/mol. The van der Waals surface area contributed by atoms with E-state index in [4.69, 9.17) is 4.74 Å². The molecule has 0 saturated carbocycles. The lowest BCUT2D eigenvalue weighted by Crippen LogP contribution is -2.53. The summed E-state index contributed by atoms with van der Waals surface area (Å²) in [5, 5.41) is 3.54. The molecular weight excluding hydrogens is 534 g/mol. The second kappa shape index (κ2) is 11.3. The molecule has 11 nitrogen and oxygen atoms in total. The van der Waals surface area contributed by atoms with E-state index >= 15 is 0 Å². The molecule has 0 spiro atoms. The van der Waals surface area contributed by atoms with E-state index < -0.39 is 40.1 Å². The zero-order chi connectivity index (χ0) is 28.4. The number of rotatable bonds is 8. The van der Waals surface area contributed by atoms with Gasteiger partial charge in [0.2, 0.25) is 21.8 Å². The number of Topliss-reactive ketones (excluding diaryl/α,β-unsaturated/α-hetero) is 1. The Kier molecular flexibility index (Phi) is 7.81. The molecule has 210 valence electrons. The van der Waals surface area contributed by atoms with E-state index in [9.17, 15) is 22.8 Å². The van der Waals surface area contributed by atoms with Gasteiger partial charge >= 0.3 is 6.09 Å². The number of aromatic nitrogens is 2. The molecule has 0 aliphatic carbocycles. The fourth-order valence-corrected chi connectivity index (χ4v) is 7.07. The first-order chi connectivity index (χ1) is 19.1. The summed E-state index contributed by atoms with van der Waals surface area (Å²) in [6.45, 7) is 3.73. The molecule has 2 amide bonds. The summed E-state index contributed by atoms with van der Waals surface area (Å²) in [5.74, 6) is -0.979. The number of likely N-dealkylation sites (tertiary alicyclic amines) is 1. The third-order valence-electron chi connectivity index (χ3n) is 7.14. The second-order valence-electron chi connectivity index (χ2n) is 10.5. The van der Waals surface area contributed by atoms with Crippen molar-refractivity contribution in [2.24, 2.45) is 5.92 Å². The summed E-state index contributed by atoms with van der Waals surface area (Å²) in [6, 6.07) is 13.3. The first-order valence-electron chi connectivity index (χ1n) is 13.2. The van der Waals surface area contributed by atoms with Gasteiger partial charge in [0.15, 0.2) is 5.78 Å². The lowest BCUT2D eigenvalue weighted by atomic mass is 10.0. The van der Waals surface area contributed by atoms with Crippen LogP contribution in [0.3, 0.4) is 0 Å². The Morgan fingerprint density at radius 1 is 1.10 bits per heavy atom. The van der Waals surface area contributed by atoms with Gasteiger partial charge in [0.25, 0.3) is 0 Å². The Hall–Kier alpha value is -3.90. The fraction of sp³-hybridized carbons (Fsp3) is 0.393. The van der Waals surface area contributed by atoms with Gasteiger partial charge in [-0.2, -0.15) is 4.31 Å². The number of amides is 2. The minimum atomic E-state index is -3.84. The number of carbonyl (C=O) groups is 3. The lowest BCUT2D eigenvalue weighted by Gasteiger charge is -2.28. The molecular formula is C28H31N5O6S. The zero-order valence-electron chi connectivity index (χ0n) is 22.3. The van der Waals surface area contributed by atoms with Crippen LogP contribution < -0.4 is 10.1 Å². The molecule has 4 heterocycles. The Balaban J connectivity index is 1.29. The number of hydrogen-bond acceptors (Lipinski definition) is 8. The normalized spacial score (nSPS) is 20.1. The number of ether oxygens (including phenoxy) is 1. The first-order valence-corrected chi connectivity index (χ1v) is 14.8. The quantitative estimate of drug-likeness (QED) is 0.440. The number of benzene rings is 1. The highest BCUT2D eigenvalue weighted by Gasteiger charge is 2.54. The van der Waals surface area contributed by atoms with Crippen molar-refractivity contribution >= 4 is 38.7 Å². The van der Waals surface area contributed by atoms with Crippen molar-refractivity contribution in [3.05, 3.63) is 66.5 Å². The number of para-hydroxylation sites is 1. The Bertz CT molecular complexity index is 1530. The first kappa shape index (κ1) is 27.7.